The molecular weight excluding hydrogens is 244 g/mol. The molecule has 0 unspecified atom stereocenters. The van der Waals surface area contributed by atoms with E-state index < -0.39 is 0 Å². The molecule has 0 fully saturated rings. The van der Waals surface area contributed by atoms with Crippen molar-refractivity contribution in [3.63, 3.8) is 0 Å². The number of allylic oxidation sites excluding steroid dienone is 2. The summed E-state index contributed by atoms with van der Waals surface area (Å²) < 4.78 is 10.1. The van der Waals surface area contributed by atoms with E-state index in [2.05, 4.69) is 0 Å². The van der Waals surface area contributed by atoms with Gasteiger partial charge in [0.1, 0.15) is 11.5 Å². The van der Waals surface area contributed by atoms with Crippen molar-refractivity contribution in [1.82, 2.24) is 0 Å². The minimum Gasteiger partial charge on any atom is -0.465 e. The van der Waals surface area contributed by atoms with Crippen LogP contribution in [0.4, 0.5) is 0 Å². The molecule has 0 saturated heterocycles. The van der Waals surface area contributed by atoms with Gasteiger partial charge in [0.25, 0.3) is 0 Å². The molecule has 2 heterocycles. The number of carbonyl (C=O) groups excluding carboxylic acids is 2. The average molecular weight is 256 g/mol. The van der Waals surface area contributed by atoms with Crippen LogP contribution in [0.3, 0.4) is 0 Å². The van der Waals surface area contributed by atoms with Crippen LogP contribution in [0.2, 0.25) is 0 Å². The molecule has 0 aromatic carbocycles. The van der Waals surface area contributed by atoms with Crippen LogP contribution < -0.4 is 0 Å². The Kier molecular flexibility index (Phi) is 4.29. The van der Waals surface area contributed by atoms with Crippen LogP contribution in [-0.4, -0.2) is 11.6 Å². The van der Waals surface area contributed by atoms with Gasteiger partial charge < -0.3 is 8.83 Å². The topological polar surface area (TPSA) is 60.4 Å². The summed E-state index contributed by atoms with van der Waals surface area (Å²) in [5.74, 6) is 0.606. The van der Waals surface area contributed by atoms with Crippen molar-refractivity contribution < 1.29 is 18.4 Å². The smallest absolute Gasteiger partial charge is 0.163 e. The summed E-state index contributed by atoms with van der Waals surface area (Å²) in [6.07, 6.45) is 8.59. The largest absolute Gasteiger partial charge is 0.465 e. The molecule has 19 heavy (non-hydrogen) atoms. The Hall–Kier alpha value is -2.62. The first-order valence-electron chi connectivity index (χ1n) is 5.73. The first-order valence-corrected chi connectivity index (χ1v) is 5.73. The lowest BCUT2D eigenvalue weighted by molar-refractivity contribution is -0.121. The van der Waals surface area contributed by atoms with Crippen LogP contribution in [0.25, 0.3) is 12.2 Å². The number of hydrogen-bond acceptors (Lipinski definition) is 4. The highest BCUT2D eigenvalue weighted by atomic mass is 16.3. The second-order valence-corrected chi connectivity index (χ2v) is 3.81. The third-order valence-corrected chi connectivity index (χ3v) is 2.30. The summed E-state index contributed by atoms with van der Waals surface area (Å²) in [7, 11) is 0. The Morgan fingerprint density at radius 3 is 1.74 bits per heavy atom. The summed E-state index contributed by atoms with van der Waals surface area (Å²) in [6, 6.07) is 6.90. The molecule has 0 atom stereocenters. The molecule has 0 saturated carbocycles. The van der Waals surface area contributed by atoms with E-state index in [-0.39, 0.29) is 18.0 Å². The van der Waals surface area contributed by atoms with Gasteiger partial charge in [0, 0.05) is 0 Å². The predicted octanol–water partition coefficient (Wildman–Crippen LogP) is 3.13. The fourth-order valence-corrected chi connectivity index (χ4v) is 1.41. The van der Waals surface area contributed by atoms with Gasteiger partial charge in [0.05, 0.1) is 18.9 Å². The van der Waals surface area contributed by atoms with Gasteiger partial charge in [-0.05, 0) is 48.6 Å². The number of rotatable bonds is 6. The number of furan rings is 2. The molecule has 2 aromatic heterocycles. The van der Waals surface area contributed by atoms with E-state index in [1.807, 2.05) is 0 Å². The van der Waals surface area contributed by atoms with Gasteiger partial charge in [-0.3, -0.25) is 9.59 Å². The molecule has 0 aliphatic heterocycles. The van der Waals surface area contributed by atoms with E-state index in [4.69, 9.17) is 8.83 Å². The highest BCUT2D eigenvalue weighted by molar-refractivity contribution is 6.10. The summed E-state index contributed by atoms with van der Waals surface area (Å²) in [5.41, 5.74) is 0. The Morgan fingerprint density at radius 2 is 1.37 bits per heavy atom. The fourth-order valence-electron chi connectivity index (χ4n) is 1.41. The third kappa shape index (κ3) is 4.27. The zero-order chi connectivity index (χ0) is 13.5. The maximum absolute atomic E-state index is 11.5. The molecule has 2 rings (SSSR count). The Balaban J connectivity index is 1.83. The van der Waals surface area contributed by atoms with Crippen LogP contribution in [-0.2, 0) is 9.59 Å². The molecule has 0 spiro atoms. The minimum atomic E-state index is -0.273. The average Bonchev–Trinajstić information content (AvgIpc) is 3.07. The first kappa shape index (κ1) is 12.8. The standard InChI is InChI=1S/C15H12O4/c16-12(5-7-14-3-1-9-18-14)11-13(17)6-8-15-4-2-10-19-15/h1-10H,11H2. The summed E-state index contributed by atoms with van der Waals surface area (Å²) in [4.78, 5) is 23.0. The molecule has 0 amide bonds. The van der Waals surface area contributed by atoms with Crippen molar-refractivity contribution in [3.8, 4) is 0 Å². The second kappa shape index (κ2) is 6.35. The van der Waals surface area contributed by atoms with E-state index >= 15 is 0 Å². The van der Waals surface area contributed by atoms with Gasteiger partial charge in [0.2, 0.25) is 0 Å². The maximum Gasteiger partial charge on any atom is 0.163 e. The van der Waals surface area contributed by atoms with Gasteiger partial charge in [-0.25, -0.2) is 0 Å². The lowest BCUT2D eigenvalue weighted by atomic mass is 10.1. The number of carbonyl (C=O) groups is 2. The van der Waals surface area contributed by atoms with Crippen molar-refractivity contribution in [3.05, 3.63) is 60.5 Å². The van der Waals surface area contributed by atoms with E-state index in [0.29, 0.717) is 11.5 Å². The highest BCUT2D eigenvalue weighted by Crippen LogP contribution is 2.05. The minimum absolute atomic E-state index is 0.172. The molecule has 0 radical (unpaired) electrons. The lowest BCUT2D eigenvalue weighted by Crippen LogP contribution is -2.01. The molecule has 0 aliphatic rings. The van der Waals surface area contributed by atoms with Crippen LogP contribution in [0.1, 0.15) is 17.9 Å². The Labute approximate surface area is 110 Å². The van der Waals surface area contributed by atoms with Crippen molar-refractivity contribution >= 4 is 23.7 Å². The van der Waals surface area contributed by atoms with Crippen LogP contribution in [0.5, 0.6) is 0 Å². The number of hydrogen-bond donors (Lipinski definition) is 0. The Bertz CT molecular complexity index is 532. The van der Waals surface area contributed by atoms with Gasteiger partial charge in [-0.1, -0.05) is 0 Å². The molecule has 4 nitrogen and oxygen atoms in total. The second-order valence-electron chi connectivity index (χ2n) is 3.81. The lowest BCUT2D eigenvalue weighted by Gasteiger charge is -1.90. The van der Waals surface area contributed by atoms with Crippen LogP contribution >= 0.6 is 0 Å². The van der Waals surface area contributed by atoms with Crippen molar-refractivity contribution in [2.75, 3.05) is 0 Å². The predicted molar refractivity (Wildman–Crippen MR) is 70.1 cm³/mol. The van der Waals surface area contributed by atoms with E-state index in [9.17, 15) is 9.59 Å². The van der Waals surface area contributed by atoms with E-state index in [1.54, 1.807) is 24.3 Å². The molecule has 0 bridgehead atoms. The van der Waals surface area contributed by atoms with Crippen molar-refractivity contribution in [1.29, 1.82) is 0 Å². The Morgan fingerprint density at radius 1 is 0.895 bits per heavy atom. The zero-order valence-electron chi connectivity index (χ0n) is 10.1. The first-order chi connectivity index (χ1) is 9.24. The van der Waals surface area contributed by atoms with Gasteiger partial charge in [-0.2, -0.15) is 0 Å². The van der Waals surface area contributed by atoms with E-state index in [1.165, 1.54) is 36.8 Å². The molecule has 0 N–H and O–H groups in total. The summed E-state index contributed by atoms with van der Waals surface area (Å²) in [6.45, 7) is 0. The normalized spacial score (nSPS) is 11.4. The number of ketones is 2. The fraction of sp³-hybridized carbons (Fsp3) is 0.0667. The quantitative estimate of drug-likeness (QED) is 0.588. The molecular formula is C15H12O4. The monoisotopic (exact) mass is 256 g/mol. The van der Waals surface area contributed by atoms with Crippen LogP contribution in [0.15, 0.2) is 57.8 Å². The van der Waals surface area contributed by atoms with Crippen molar-refractivity contribution in [2.45, 2.75) is 6.42 Å². The van der Waals surface area contributed by atoms with Crippen LogP contribution in [0, 0.1) is 0 Å². The highest BCUT2D eigenvalue weighted by Gasteiger charge is 2.04. The molecule has 0 aliphatic carbocycles. The maximum atomic E-state index is 11.5. The molecule has 96 valence electrons. The summed E-state index contributed by atoms with van der Waals surface area (Å²) >= 11 is 0. The molecule has 2 aromatic rings. The van der Waals surface area contributed by atoms with Gasteiger partial charge >= 0.3 is 0 Å². The van der Waals surface area contributed by atoms with Crippen molar-refractivity contribution in [2.24, 2.45) is 0 Å². The SMILES string of the molecule is O=C(C=Cc1ccco1)CC(=O)C=Cc1ccco1. The third-order valence-electron chi connectivity index (χ3n) is 2.30. The summed E-state index contributed by atoms with van der Waals surface area (Å²) in [5, 5.41) is 0. The van der Waals surface area contributed by atoms with Gasteiger partial charge in [0.15, 0.2) is 11.6 Å². The van der Waals surface area contributed by atoms with E-state index in [0.717, 1.165) is 0 Å². The molecule has 4 heteroatoms. The zero-order valence-corrected chi connectivity index (χ0v) is 10.1. The van der Waals surface area contributed by atoms with Gasteiger partial charge in [-0.15, -0.1) is 0 Å².